The second-order valence-electron chi connectivity index (χ2n) is 5.70. The van der Waals surface area contributed by atoms with Crippen LogP contribution in [-0.2, 0) is 4.79 Å². The lowest BCUT2D eigenvalue weighted by Crippen LogP contribution is -2.53. The van der Waals surface area contributed by atoms with Crippen molar-refractivity contribution in [3.8, 4) is 0 Å². The summed E-state index contributed by atoms with van der Waals surface area (Å²) < 4.78 is 0. The van der Waals surface area contributed by atoms with Crippen LogP contribution in [0.5, 0.6) is 0 Å². The van der Waals surface area contributed by atoms with Crippen molar-refractivity contribution in [1.29, 1.82) is 0 Å². The molecule has 4 nitrogen and oxygen atoms in total. The highest BCUT2D eigenvalue weighted by atomic mass is 16.1. The SMILES string of the molecule is CNC1(C(N)=O)CCC(N(C)C2CCCC2)C1. The number of primary amides is 1. The van der Waals surface area contributed by atoms with E-state index < -0.39 is 5.54 Å². The fourth-order valence-corrected chi connectivity index (χ4v) is 3.55. The van der Waals surface area contributed by atoms with Gasteiger partial charge in [0.05, 0.1) is 5.54 Å². The van der Waals surface area contributed by atoms with Crippen LogP contribution in [-0.4, -0.2) is 42.5 Å². The lowest BCUT2D eigenvalue weighted by Gasteiger charge is -2.32. The molecule has 0 aromatic carbocycles. The molecule has 0 aromatic rings. The fourth-order valence-electron chi connectivity index (χ4n) is 3.55. The number of likely N-dealkylation sites (N-methyl/N-ethyl adjacent to an activating group) is 1. The number of carbonyl (C=O) groups is 1. The molecular formula is C13H25N3O. The van der Waals surface area contributed by atoms with Gasteiger partial charge in [-0.3, -0.25) is 4.79 Å². The Morgan fingerprint density at radius 1 is 1.29 bits per heavy atom. The molecule has 2 fully saturated rings. The first-order valence-corrected chi connectivity index (χ1v) is 6.80. The third-order valence-corrected chi connectivity index (χ3v) is 4.92. The maximum atomic E-state index is 11.6. The summed E-state index contributed by atoms with van der Waals surface area (Å²) in [5, 5.41) is 3.15. The molecule has 0 bridgehead atoms. The molecule has 2 aliphatic rings. The molecule has 0 spiro atoms. The predicted octanol–water partition coefficient (Wildman–Crippen LogP) is 0.857. The minimum atomic E-state index is -0.461. The lowest BCUT2D eigenvalue weighted by atomic mass is 9.96. The van der Waals surface area contributed by atoms with E-state index in [1.54, 1.807) is 0 Å². The predicted molar refractivity (Wildman–Crippen MR) is 68.6 cm³/mol. The monoisotopic (exact) mass is 239 g/mol. The number of rotatable bonds is 4. The van der Waals surface area contributed by atoms with Gasteiger partial charge in [0.2, 0.25) is 5.91 Å². The van der Waals surface area contributed by atoms with Crippen molar-refractivity contribution in [3.05, 3.63) is 0 Å². The molecule has 98 valence electrons. The van der Waals surface area contributed by atoms with Gasteiger partial charge < -0.3 is 16.0 Å². The number of nitrogens with zero attached hydrogens (tertiary/aromatic N) is 1. The highest BCUT2D eigenvalue weighted by molar-refractivity contribution is 5.85. The fraction of sp³-hybridized carbons (Fsp3) is 0.923. The van der Waals surface area contributed by atoms with Gasteiger partial charge >= 0.3 is 0 Å². The van der Waals surface area contributed by atoms with Gasteiger partial charge in [-0.15, -0.1) is 0 Å². The Labute approximate surface area is 104 Å². The Balaban J connectivity index is 1.98. The van der Waals surface area contributed by atoms with Crippen molar-refractivity contribution < 1.29 is 4.79 Å². The highest BCUT2D eigenvalue weighted by Crippen LogP contribution is 2.35. The van der Waals surface area contributed by atoms with Crippen molar-refractivity contribution in [2.45, 2.75) is 62.6 Å². The summed E-state index contributed by atoms with van der Waals surface area (Å²) in [5.41, 5.74) is 5.08. The molecular weight excluding hydrogens is 214 g/mol. The van der Waals surface area contributed by atoms with E-state index in [1.165, 1.54) is 25.7 Å². The van der Waals surface area contributed by atoms with Gasteiger partial charge in [0, 0.05) is 12.1 Å². The number of carbonyl (C=O) groups excluding carboxylic acids is 1. The van der Waals surface area contributed by atoms with E-state index in [0.717, 1.165) is 25.3 Å². The molecule has 2 saturated carbocycles. The molecule has 0 aliphatic heterocycles. The summed E-state index contributed by atoms with van der Waals surface area (Å²) in [6.07, 6.45) is 8.17. The number of hydrogen-bond acceptors (Lipinski definition) is 3. The first-order chi connectivity index (χ1) is 8.09. The van der Waals surface area contributed by atoms with Gasteiger partial charge in [-0.2, -0.15) is 0 Å². The number of nitrogens with two attached hydrogens (primary N) is 1. The van der Waals surface area contributed by atoms with Crippen LogP contribution in [0.2, 0.25) is 0 Å². The van der Waals surface area contributed by atoms with Crippen LogP contribution in [0, 0.1) is 0 Å². The summed E-state index contributed by atoms with van der Waals surface area (Å²) in [5.74, 6) is -0.192. The van der Waals surface area contributed by atoms with Crippen LogP contribution in [0.4, 0.5) is 0 Å². The van der Waals surface area contributed by atoms with E-state index >= 15 is 0 Å². The van der Waals surface area contributed by atoms with Crippen molar-refractivity contribution in [2.75, 3.05) is 14.1 Å². The largest absolute Gasteiger partial charge is 0.368 e. The summed E-state index contributed by atoms with van der Waals surface area (Å²) in [6.45, 7) is 0. The Morgan fingerprint density at radius 2 is 1.94 bits per heavy atom. The molecule has 0 radical (unpaired) electrons. The molecule has 2 unspecified atom stereocenters. The zero-order valence-electron chi connectivity index (χ0n) is 11.0. The summed E-state index contributed by atoms with van der Waals surface area (Å²) in [6, 6.07) is 1.23. The van der Waals surface area contributed by atoms with E-state index in [2.05, 4.69) is 17.3 Å². The van der Waals surface area contributed by atoms with Crippen molar-refractivity contribution in [2.24, 2.45) is 5.73 Å². The van der Waals surface area contributed by atoms with Crippen molar-refractivity contribution in [3.63, 3.8) is 0 Å². The zero-order valence-corrected chi connectivity index (χ0v) is 11.0. The first-order valence-electron chi connectivity index (χ1n) is 6.80. The normalized spacial score (nSPS) is 34.6. The maximum Gasteiger partial charge on any atom is 0.237 e. The Hall–Kier alpha value is -0.610. The molecule has 3 N–H and O–H groups in total. The summed E-state index contributed by atoms with van der Waals surface area (Å²) in [7, 11) is 4.07. The Morgan fingerprint density at radius 3 is 2.41 bits per heavy atom. The quantitative estimate of drug-likeness (QED) is 0.765. The minimum Gasteiger partial charge on any atom is -0.368 e. The van der Waals surface area contributed by atoms with Gasteiger partial charge in [-0.25, -0.2) is 0 Å². The molecule has 2 rings (SSSR count). The van der Waals surface area contributed by atoms with Gasteiger partial charge in [0.1, 0.15) is 0 Å². The minimum absolute atomic E-state index is 0.192. The lowest BCUT2D eigenvalue weighted by molar-refractivity contribution is -0.124. The molecule has 0 saturated heterocycles. The van der Waals surface area contributed by atoms with E-state index in [1.807, 2.05) is 7.05 Å². The third kappa shape index (κ3) is 2.33. The highest BCUT2D eigenvalue weighted by Gasteiger charge is 2.44. The summed E-state index contributed by atoms with van der Waals surface area (Å²) >= 11 is 0. The van der Waals surface area contributed by atoms with E-state index in [0.29, 0.717) is 6.04 Å². The van der Waals surface area contributed by atoms with Crippen molar-refractivity contribution in [1.82, 2.24) is 10.2 Å². The molecule has 4 heteroatoms. The smallest absolute Gasteiger partial charge is 0.237 e. The number of nitrogens with one attached hydrogen (secondary N) is 1. The van der Waals surface area contributed by atoms with E-state index in [9.17, 15) is 4.79 Å². The molecule has 2 atom stereocenters. The molecule has 2 aliphatic carbocycles. The van der Waals surface area contributed by atoms with Gasteiger partial charge in [-0.1, -0.05) is 12.8 Å². The summed E-state index contributed by atoms with van der Waals surface area (Å²) in [4.78, 5) is 14.1. The zero-order chi connectivity index (χ0) is 12.5. The molecule has 0 heterocycles. The van der Waals surface area contributed by atoms with E-state index in [-0.39, 0.29) is 5.91 Å². The van der Waals surface area contributed by atoms with E-state index in [4.69, 9.17) is 5.73 Å². The van der Waals surface area contributed by atoms with Crippen LogP contribution in [0.15, 0.2) is 0 Å². The third-order valence-electron chi connectivity index (χ3n) is 4.92. The van der Waals surface area contributed by atoms with Gasteiger partial charge in [0.15, 0.2) is 0 Å². The second-order valence-corrected chi connectivity index (χ2v) is 5.70. The molecule has 17 heavy (non-hydrogen) atoms. The van der Waals surface area contributed by atoms with Gasteiger partial charge in [0.25, 0.3) is 0 Å². The average molecular weight is 239 g/mol. The van der Waals surface area contributed by atoms with Crippen LogP contribution in [0.1, 0.15) is 44.9 Å². The molecule has 1 amide bonds. The topological polar surface area (TPSA) is 58.4 Å². The number of amides is 1. The Kier molecular flexibility index (Phi) is 3.73. The number of hydrogen-bond donors (Lipinski definition) is 2. The molecule has 0 aromatic heterocycles. The van der Waals surface area contributed by atoms with Crippen LogP contribution in [0.25, 0.3) is 0 Å². The Bertz CT molecular complexity index is 288. The van der Waals surface area contributed by atoms with Crippen LogP contribution in [0.3, 0.4) is 0 Å². The second kappa shape index (κ2) is 4.94. The van der Waals surface area contributed by atoms with Crippen LogP contribution < -0.4 is 11.1 Å². The standard InChI is InChI=1S/C13H25N3O/c1-15-13(12(14)17)8-7-11(9-13)16(2)10-5-3-4-6-10/h10-11,15H,3-9H2,1-2H3,(H2,14,17). The average Bonchev–Trinajstić information content (AvgIpc) is 2.98. The van der Waals surface area contributed by atoms with Crippen molar-refractivity contribution >= 4 is 5.91 Å². The first kappa shape index (κ1) is 12.8. The van der Waals surface area contributed by atoms with Gasteiger partial charge in [-0.05, 0) is 46.2 Å². The van der Waals surface area contributed by atoms with Crippen LogP contribution >= 0.6 is 0 Å². The maximum absolute atomic E-state index is 11.6.